The van der Waals surface area contributed by atoms with Gasteiger partial charge in [0.05, 0.1) is 19.8 Å². The third kappa shape index (κ3) is 7.30. The number of guanidine groups is 1. The highest BCUT2D eigenvalue weighted by Gasteiger charge is 2.22. The normalized spacial score (nSPS) is 17.3. The molecule has 0 bridgehead atoms. The van der Waals surface area contributed by atoms with Crippen molar-refractivity contribution >= 4 is 5.96 Å². The molecule has 1 fully saturated rings. The molecule has 146 valence electrons. The lowest BCUT2D eigenvalue weighted by atomic mass is 10.0. The highest BCUT2D eigenvalue weighted by Crippen LogP contribution is 2.13. The summed E-state index contributed by atoms with van der Waals surface area (Å²) in [6, 6.07) is 6.97. The van der Waals surface area contributed by atoms with Crippen molar-refractivity contribution in [1.82, 2.24) is 15.5 Å². The molecule has 0 amide bonds. The zero-order valence-corrected chi connectivity index (χ0v) is 16.3. The predicted octanol–water partition coefficient (Wildman–Crippen LogP) is 2.63. The van der Waals surface area contributed by atoms with Crippen LogP contribution in [0.1, 0.15) is 32.8 Å². The number of rotatable bonds is 8. The van der Waals surface area contributed by atoms with Crippen molar-refractivity contribution in [2.75, 3.05) is 39.4 Å². The van der Waals surface area contributed by atoms with Crippen LogP contribution in [0.2, 0.25) is 0 Å². The van der Waals surface area contributed by atoms with E-state index >= 15 is 0 Å². The molecule has 0 aromatic heterocycles. The average molecular weight is 365 g/mol. The van der Waals surface area contributed by atoms with E-state index in [4.69, 9.17) is 4.74 Å². The van der Waals surface area contributed by atoms with Crippen LogP contribution in [0.5, 0.6) is 0 Å². The maximum atomic E-state index is 13.0. The van der Waals surface area contributed by atoms with Crippen molar-refractivity contribution < 1.29 is 9.13 Å². The van der Waals surface area contributed by atoms with E-state index < -0.39 is 0 Å². The molecular formula is C20H33FN4O. The predicted molar refractivity (Wildman–Crippen MR) is 105 cm³/mol. The second kappa shape index (κ2) is 11.1. The Labute approximate surface area is 157 Å². The molecule has 1 aromatic carbocycles. The summed E-state index contributed by atoms with van der Waals surface area (Å²) in [5.41, 5.74) is 0.996. The third-order valence-electron chi connectivity index (χ3n) is 4.49. The molecular weight excluding hydrogens is 331 g/mol. The van der Waals surface area contributed by atoms with Gasteiger partial charge in [0.15, 0.2) is 5.96 Å². The van der Waals surface area contributed by atoms with Crippen LogP contribution in [0.25, 0.3) is 0 Å². The van der Waals surface area contributed by atoms with Crippen LogP contribution in [0.3, 0.4) is 0 Å². The van der Waals surface area contributed by atoms with Gasteiger partial charge in [0.2, 0.25) is 0 Å². The number of benzene rings is 1. The zero-order chi connectivity index (χ0) is 18.8. The van der Waals surface area contributed by atoms with Gasteiger partial charge in [-0.1, -0.05) is 26.0 Å². The fourth-order valence-corrected chi connectivity index (χ4v) is 3.16. The Morgan fingerprint density at radius 2 is 1.88 bits per heavy atom. The van der Waals surface area contributed by atoms with E-state index in [0.29, 0.717) is 18.5 Å². The topological polar surface area (TPSA) is 48.9 Å². The monoisotopic (exact) mass is 364 g/mol. The molecule has 1 aliphatic heterocycles. The summed E-state index contributed by atoms with van der Waals surface area (Å²) in [6.07, 6.45) is 1.14. The second-order valence-electron chi connectivity index (χ2n) is 7.13. The van der Waals surface area contributed by atoms with Gasteiger partial charge in [0.1, 0.15) is 5.82 Å². The van der Waals surface area contributed by atoms with E-state index in [1.807, 2.05) is 0 Å². The van der Waals surface area contributed by atoms with E-state index in [1.165, 1.54) is 12.1 Å². The van der Waals surface area contributed by atoms with Gasteiger partial charge < -0.3 is 15.4 Å². The number of hydrogen-bond donors (Lipinski definition) is 2. The van der Waals surface area contributed by atoms with Crippen LogP contribution in [-0.4, -0.2) is 56.3 Å². The number of nitrogens with one attached hydrogen (secondary N) is 2. The largest absolute Gasteiger partial charge is 0.379 e. The first-order valence-electron chi connectivity index (χ1n) is 9.67. The molecule has 26 heavy (non-hydrogen) atoms. The Kier molecular flexibility index (Phi) is 8.85. The summed E-state index contributed by atoms with van der Waals surface area (Å²) < 4.78 is 18.5. The number of aliphatic imine (C=N–C) groups is 1. The molecule has 1 saturated heterocycles. The molecule has 0 aliphatic carbocycles. The molecule has 1 aliphatic rings. The Morgan fingerprint density at radius 1 is 1.19 bits per heavy atom. The van der Waals surface area contributed by atoms with Crippen molar-refractivity contribution in [3.8, 4) is 0 Å². The molecule has 1 unspecified atom stereocenters. The molecule has 0 spiro atoms. The molecule has 1 atom stereocenters. The quantitative estimate of drug-likeness (QED) is 0.550. The van der Waals surface area contributed by atoms with Crippen LogP contribution in [0.15, 0.2) is 29.3 Å². The summed E-state index contributed by atoms with van der Waals surface area (Å²) in [7, 11) is 0. The van der Waals surface area contributed by atoms with Gasteiger partial charge >= 0.3 is 0 Å². The Balaban J connectivity index is 1.94. The van der Waals surface area contributed by atoms with Crippen LogP contribution >= 0.6 is 0 Å². The first kappa shape index (κ1) is 20.6. The lowest BCUT2D eigenvalue weighted by molar-refractivity contribution is 0.0132. The highest BCUT2D eigenvalue weighted by molar-refractivity contribution is 5.79. The molecule has 5 nitrogen and oxygen atoms in total. The minimum Gasteiger partial charge on any atom is -0.379 e. The molecule has 6 heteroatoms. The minimum atomic E-state index is -0.218. The van der Waals surface area contributed by atoms with Gasteiger partial charge in [-0.15, -0.1) is 0 Å². The smallest absolute Gasteiger partial charge is 0.191 e. The van der Waals surface area contributed by atoms with Gasteiger partial charge in [-0.3, -0.25) is 4.90 Å². The SMILES string of the molecule is CCNC(=NCc1ccc(F)cc1)NCC(CC(C)C)N1CCOCC1. The van der Waals surface area contributed by atoms with E-state index in [0.717, 1.165) is 57.3 Å². The standard InChI is InChI=1S/C20H33FN4O/c1-4-22-20(23-14-17-5-7-18(21)8-6-17)24-15-19(13-16(2)3)25-9-11-26-12-10-25/h5-8,16,19H,4,9-15H2,1-3H3,(H2,22,23,24). The number of hydrogen-bond acceptors (Lipinski definition) is 3. The summed E-state index contributed by atoms with van der Waals surface area (Å²) in [5.74, 6) is 1.23. The first-order chi connectivity index (χ1) is 12.6. The van der Waals surface area contributed by atoms with E-state index in [-0.39, 0.29) is 5.82 Å². The summed E-state index contributed by atoms with van der Waals surface area (Å²) in [5, 5.41) is 6.78. The zero-order valence-electron chi connectivity index (χ0n) is 16.3. The Hall–Kier alpha value is -1.66. The van der Waals surface area contributed by atoms with Crippen LogP contribution in [0, 0.1) is 11.7 Å². The lowest BCUT2D eigenvalue weighted by Crippen LogP contribution is -2.51. The number of halogens is 1. The molecule has 0 radical (unpaired) electrons. The first-order valence-corrected chi connectivity index (χ1v) is 9.67. The third-order valence-corrected chi connectivity index (χ3v) is 4.49. The van der Waals surface area contributed by atoms with E-state index in [9.17, 15) is 4.39 Å². The fourth-order valence-electron chi connectivity index (χ4n) is 3.16. The maximum absolute atomic E-state index is 13.0. The van der Waals surface area contributed by atoms with Gasteiger partial charge in [0, 0.05) is 32.2 Å². The summed E-state index contributed by atoms with van der Waals surface area (Å²) in [4.78, 5) is 7.15. The average Bonchev–Trinajstić information content (AvgIpc) is 2.64. The number of ether oxygens (including phenoxy) is 1. The van der Waals surface area contributed by atoms with E-state index in [1.54, 1.807) is 12.1 Å². The molecule has 2 N–H and O–H groups in total. The van der Waals surface area contributed by atoms with Crippen LogP contribution < -0.4 is 10.6 Å². The van der Waals surface area contributed by atoms with Crippen molar-refractivity contribution in [1.29, 1.82) is 0 Å². The Morgan fingerprint density at radius 3 is 2.50 bits per heavy atom. The van der Waals surface area contributed by atoms with Gasteiger partial charge in [-0.25, -0.2) is 9.38 Å². The second-order valence-corrected chi connectivity index (χ2v) is 7.13. The van der Waals surface area contributed by atoms with Crippen LogP contribution in [-0.2, 0) is 11.3 Å². The Bertz CT molecular complexity index is 541. The van der Waals surface area contributed by atoms with E-state index in [2.05, 4.69) is 41.3 Å². The van der Waals surface area contributed by atoms with Crippen molar-refractivity contribution in [2.45, 2.75) is 39.8 Å². The summed E-state index contributed by atoms with van der Waals surface area (Å²) in [6.45, 7) is 12.4. The molecule has 2 rings (SSSR count). The fraction of sp³-hybridized carbons (Fsp3) is 0.650. The molecule has 0 saturated carbocycles. The van der Waals surface area contributed by atoms with Gasteiger partial charge in [0.25, 0.3) is 0 Å². The number of nitrogens with zero attached hydrogens (tertiary/aromatic N) is 2. The highest BCUT2D eigenvalue weighted by atomic mass is 19.1. The van der Waals surface area contributed by atoms with Gasteiger partial charge in [-0.05, 0) is 37.0 Å². The summed E-state index contributed by atoms with van der Waals surface area (Å²) >= 11 is 0. The lowest BCUT2D eigenvalue weighted by Gasteiger charge is -2.35. The number of morpholine rings is 1. The van der Waals surface area contributed by atoms with Crippen molar-refractivity contribution in [3.05, 3.63) is 35.6 Å². The molecule has 1 aromatic rings. The van der Waals surface area contributed by atoms with Crippen molar-refractivity contribution in [3.63, 3.8) is 0 Å². The maximum Gasteiger partial charge on any atom is 0.191 e. The minimum absolute atomic E-state index is 0.218. The van der Waals surface area contributed by atoms with Crippen LogP contribution in [0.4, 0.5) is 4.39 Å². The molecule has 1 heterocycles. The van der Waals surface area contributed by atoms with Crippen molar-refractivity contribution in [2.24, 2.45) is 10.9 Å². The van der Waals surface area contributed by atoms with Gasteiger partial charge in [-0.2, -0.15) is 0 Å².